The van der Waals surface area contributed by atoms with Gasteiger partial charge in [-0.25, -0.2) is 0 Å². The van der Waals surface area contributed by atoms with Crippen LogP contribution in [0.5, 0.6) is 0 Å². The number of aliphatic carboxylic acids is 1. The smallest absolute Gasteiger partial charge is 0.300 e. The predicted molar refractivity (Wildman–Crippen MR) is 46.0 cm³/mol. The first kappa shape index (κ1) is 13.6. The van der Waals surface area contributed by atoms with Crippen molar-refractivity contribution >= 4 is 5.97 Å². The molecule has 4 nitrogen and oxygen atoms in total. The van der Waals surface area contributed by atoms with Crippen LogP contribution in [0.4, 0.5) is 0 Å². The van der Waals surface area contributed by atoms with Crippen molar-refractivity contribution in [2.75, 3.05) is 19.8 Å². The summed E-state index contributed by atoms with van der Waals surface area (Å²) in [4.78, 5) is 9.00. The van der Waals surface area contributed by atoms with Crippen LogP contribution in [-0.4, -0.2) is 30.9 Å². The summed E-state index contributed by atoms with van der Waals surface area (Å²) < 4.78 is 9.74. The van der Waals surface area contributed by atoms with E-state index < -0.39 is 5.97 Å². The van der Waals surface area contributed by atoms with Crippen LogP contribution in [0.3, 0.4) is 0 Å². The maximum Gasteiger partial charge on any atom is 0.300 e. The minimum Gasteiger partial charge on any atom is -0.499 e. The van der Waals surface area contributed by atoms with Gasteiger partial charge < -0.3 is 14.6 Å². The Kier molecular flexibility index (Phi) is 14.3. The van der Waals surface area contributed by atoms with Crippen LogP contribution in [0.15, 0.2) is 12.8 Å². The molecule has 0 aromatic heterocycles. The van der Waals surface area contributed by atoms with Crippen LogP contribution in [-0.2, 0) is 14.3 Å². The van der Waals surface area contributed by atoms with Gasteiger partial charge in [0.1, 0.15) is 6.61 Å². The average Bonchev–Trinajstić information content (AvgIpc) is 1.97. The fraction of sp³-hybridized carbons (Fsp3) is 0.625. The molecule has 0 saturated heterocycles. The summed E-state index contributed by atoms with van der Waals surface area (Å²) >= 11 is 0. The van der Waals surface area contributed by atoms with Gasteiger partial charge in [-0.2, -0.15) is 0 Å². The standard InChI is InChI=1S/C6H12O2.C2H4O2/c1-3-7-5-6-8-4-2;1-2(3)4/h3H,1,4-6H2,2H3;1H3,(H,3,4). The second kappa shape index (κ2) is 12.6. The highest BCUT2D eigenvalue weighted by molar-refractivity contribution is 5.62. The van der Waals surface area contributed by atoms with Gasteiger partial charge in [0.25, 0.3) is 5.97 Å². The van der Waals surface area contributed by atoms with Gasteiger partial charge in [-0.1, -0.05) is 6.58 Å². The van der Waals surface area contributed by atoms with Crippen LogP contribution in [0.25, 0.3) is 0 Å². The molecule has 4 heteroatoms. The molecule has 0 bridgehead atoms. The molecule has 0 radical (unpaired) electrons. The van der Waals surface area contributed by atoms with E-state index in [2.05, 4.69) is 6.58 Å². The van der Waals surface area contributed by atoms with Gasteiger partial charge in [-0.05, 0) is 6.92 Å². The average molecular weight is 176 g/mol. The van der Waals surface area contributed by atoms with Crippen molar-refractivity contribution < 1.29 is 19.4 Å². The summed E-state index contributed by atoms with van der Waals surface area (Å²) in [7, 11) is 0. The lowest BCUT2D eigenvalue weighted by atomic mass is 10.7. The van der Waals surface area contributed by atoms with Gasteiger partial charge in [0.15, 0.2) is 0 Å². The molecule has 0 rings (SSSR count). The molecule has 0 amide bonds. The maximum absolute atomic E-state index is 9.00. The van der Waals surface area contributed by atoms with Crippen LogP contribution in [0.2, 0.25) is 0 Å². The predicted octanol–water partition coefficient (Wildman–Crippen LogP) is 1.27. The highest BCUT2D eigenvalue weighted by Gasteiger charge is 1.79. The molecular formula is C8H16O4. The summed E-state index contributed by atoms with van der Waals surface area (Å²) in [5.74, 6) is -0.833. The number of carbonyl (C=O) groups is 1. The van der Waals surface area contributed by atoms with Crippen LogP contribution in [0.1, 0.15) is 13.8 Å². The molecule has 0 aromatic rings. The molecule has 0 heterocycles. The Hall–Kier alpha value is -1.03. The Bertz CT molecular complexity index is 108. The number of hydrogen-bond donors (Lipinski definition) is 1. The molecule has 0 aromatic carbocycles. The lowest BCUT2D eigenvalue weighted by Gasteiger charge is -1.98. The maximum atomic E-state index is 9.00. The van der Waals surface area contributed by atoms with Gasteiger partial charge in [-0.15, -0.1) is 0 Å². The Morgan fingerprint density at radius 3 is 2.42 bits per heavy atom. The van der Waals surface area contributed by atoms with Crippen molar-refractivity contribution in [2.24, 2.45) is 0 Å². The molecular weight excluding hydrogens is 160 g/mol. The first-order valence-corrected chi connectivity index (χ1v) is 3.64. The SMILES string of the molecule is C=COCCOCC.CC(=O)O. The minimum absolute atomic E-state index is 0.608. The third-order valence-electron chi connectivity index (χ3n) is 0.667. The summed E-state index contributed by atoms with van der Waals surface area (Å²) in [6.45, 7) is 8.43. The number of hydrogen-bond acceptors (Lipinski definition) is 3. The molecule has 0 saturated carbocycles. The van der Waals surface area contributed by atoms with E-state index in [1.54, 1.807) is 0 Å². The summed E-state index contributed by atoms with van der Waals surface area (Å²) in [5, 5.41) is 7.42. The second-order valence-corrected chi connectivity index (χ2v) is 1.75. The zero-order valence-electron chi connectivity index (χ0n) is 7.58. The first-order valence-electron chi connectivity index (χ1n) is 3.64. The van der Waals surface area contributed by atoms with Gasteiger partial charge in [0, 0.05) is 13.5 Å². The summed E-state index contributed by atoms with van der Waals surface area (Å²) in [6, 6.07) is 0. The Balaban J connectivity index is 0. The summed E-state index contributed by atoms with van der Waals surface area (Å²) in [6.07, 6.45) is 1.42. The Labute approximate surface area is 72.8 Å². The number of rotatable bonds is 5. The van der Waals surface area contributed by atoms with E-state index in [0.29, 0.717) is 13.2 Å². The van der Waals surface area contributed by atoms with Gasteiger partial charge >= 0.3 is 0 Å². The topological polar surface area (TPSA) is 55.8 Å². The third-order valence-corrected chi connectivity index (χ3v) is 0.667. The fourth-order valence-electron chi connectivity index (χ4n) is 0.335. The van der Waals surface area contributed by atoms with Crippen molar-refractivity contribution in [2.45, 2.75) is 13.8 Å². The van der Waals surface area contributed by atoms with Crippen molar-refractivity contribution in [1.82, 2.24) is 0 Å². The van der Waals surface area contributed by atoms with E-state index in [1.807, 2.05) is 6.92 Å². The summed E-state index contributed by atoms with van der Waals surface area (Å²) in [5.41, 5.74) is 0. The molecule has 0 unspecified atom stereocenters. The van der Waals surface area contributed by atoms with Gasteiger partial charge in [-0.3, -0.25) is 4.79 Å². The van der Waals surface area contributed by atoms with E-state index in [4.69, 9.17) is 19.4 Å². The highest BCUT2D eigenvalue weighted by atomic mass is 16.5. The van der Waals surface area contributed by atoms with Crippen molar-refractivity contribution in [3.63, 3.8) is 0 Å². The van der Waals surface area contributed by atoms with Crippen LogP contribution < -0.4 is 0 Å². The third kappa shape index (κ3) is 36.2. The molecule has 12 heavy (non-hydrogen) atoms. The minimum atomic E-state index is -0.833. The Morgan fingerprint density at radius 2 is 2.08 bits per heavy atom. The van der Waals surface area contributed by atoms with E-state index in [1.165, 1.54) is 6.26 Å². The number of ether oxygens (including phenoxy) is 2. The molecule has 0 spiro atoms. The largest absolute Gasteiger partial charge is 0.499 e. The molecule has 0 fully saturated rings. The van der Waals surface area contributed by atoms with Gasteiger partial charge in [0.2, 0.25) is 0 Å². The van der Waals surface area contributed by atoms with Crippen LogP contribution >= 0.6 is 0 Å². The van der Waals surface area contributed by atoms with E-state index in [0.717, 1.165) is 13.5 Å². The molecule has 0 aliphatic carbocycles. The van der Waals surface area contributed by atoms with Crippen LogP contribution in [0, 0.1) is 0 Å². The van der Waals surface area contributed by atoms with E-state index >= 15 is 0 Å². The second-order valence-electron chi connectivity index (χ2n) is 1.75. The van der Waals surface area contributed by atoms with E-state index in [-0.39, 0.29) is 0 Å². The molecule has 0 atom stereocenters. The molecule has 1 N–H and O–H groups in total. The normalized spacial score (nSPS) is 7.83. The monoisotopic (exact) mass is 176 g/mol. The number of carboxylic acid groups (broad SMARTS) is 1. The quantitative estimate of drug-likeness (QED) is 0.506. The van der Waals surface area contributed by atoms with Crippen molar-refractivity contribution in [1.29, 1.82) is 0 Å². The number of carboxylic acids is 1. The molecule has 72 valence electrons. The Morgan fingerprint density at radius 1 is 1.58 bits per heavy atom. The highest BCUT2D eigenvalue weighted by Crippen LogP contribution is 1.75. The van der Waals surface area contributed by atoms with Gasteiger partial charge in [0.05, 0.1) is 12.9 Å². The van der Waals surface area contributed by atoms with Crippen molar-refractivity contribution in [3.8, 4) is 0 Å². The van der Waals surface area contributed by atoms with Crippen molar-refractivity contribution in [3.05, 3.63) is 12.8 Å². The molecule has 0 aliphatic rings. The fourth-order valence-corrected chi connectivity index (χ4v) is 0.335. The zero-order valence-corrected chi connectivity index (χ0v) is 7.58. The lowest BCUT2D eigenvalue weighted by Crippen LogP contribution is -1.99. The van der Waals surface area contributed by atoms with E-state index in [9.17, 15) is 0 Å². The zero-order chi connectivity index (χ0) is 9.82. The lowest BCUT2D eigenvalue weighted by molar-refractivity contribution is -0.134. The first-order chi connectivity index (χ1) is 5.65. The molecule has 0 aliphatic heterocycles.